The number of nitrogens with two attached hydrogens (primary N) is 1. The van der Waals surface area contributed by atoms with E-state index in [1.807, 2.05) is 55.5 Å². The fourth-order valence-corrected chi connectivity index (χ4v) is 2.41. The summed E-state index contributed by atoms with van der Waals surface area (Å²) in [5.41, 5.74) is 7.47. The summed E-state index contributed by atoms with van der Waals surface area (Å²) in [6.45, 7) is 3.73. The highest BCUT2D eigenvalue weighted by Gasteiger charge is 2.29. The maximum atomic E-state index is 12.1. The molecule has 0 saturated carbocycles. The second-order valence-corrected chi connectivity index (χ2v) is 5.64. The molecule has 4 heteroatoms. The van der Waals surface area contributed by atoms with Gasteiger partial charge in [-0.15, -0.1) is 12.4 Å². The summed E-state index contributed by atoms with van der Waals surface area (Å²) in [7, 11) is 0. The number of benzene rings is 2. The summed E-state index contributed by atoms with van der Waals surface area (Å²) in [5.74, 6) is -0.141. The zero-order valence-electron chi connectivity index (χ0n) is 13.0. The third kappa shape index (κ3) is 4.58. The first-order valence-electron chi connectivity index (χ1n) is 7.18. The Bertz CT molecular complexity index is 587. The van der Waals surface area contributed by atoms with E-state index >= 15 is 0 Å². The van der Waals surface area contributed by atoms with Gasteiger partial charge in [0.1, 0.15) is 0 Å². The number of amides is 1. The minimum Gasteiger partial charge on any atom is -0.345 e. The van der Waals surface area contributed by atoms with Gasteiger partial charge in [0.05, 0.1) is 11.6 Å². The van der Waals surface area contributed by atoms with E-state index in [-0.39, 0.29) is 18.3 Å². The smallest absolute Gasteiger partial charge is 0.237 e. The van der Waals surface area contributed by atoms with Crippen molar-refractivity contribution in [1.29, 1.82) is 0 Å². The average Bonchev–Trinajstić information content (AvgIpc) is 2.49. The molecule has 3 nitrogen and oxygen atoms in total. The molecule has 0 aliphatic heterocycles. The first-order chi connectivity index (χ1) is 10.0. The second-order valence-electron chi connectivity index (χ2n) is 5.64. The van der Waals surface area contributed by atoms with E-state index in [0.29, 0.717) is 0 Å². The normalized spacial score (nSPS) is 14.3. The molecule has 0 aliphatic carbocycles. The molecule has 0 saturated heterocycles. The Balaban J connectivity index is 0.00000242. The van der Waals surface area contributed by atoms with Crippen molar-refractivity contribution in [2.24, 2.45) is 5.73 Å². The quantitative estimate of drug-likeness (QED) is 0.890. The van der Waals surface area contributed by atoms with E-state index in [1.165, 1.54) is 5.56 Å². The molecule has 1 unspecified atom stereocenters. The molecule has 0 fully saturated rings. The van der Waals surface area contributed by atoms with Gasteiger partial charge >= 0.3 is 0 Å². The van der Waals surface area contributed by atoms with Crippen LogP contribution in [0.1, 0.15) is 25.0 Å². The number of hydrogen-bond donors (Lipinski definition) is 2. The van der Waals surface area contributed by atoms with Gasteiger partial charge in [-0.2, -0.15) is 0 Å². The van der Waals surface area contributed by atoms with Crippen LogP contribution >= 0.6 is 12.4 Å². The van der Waals surface area contributed by atoms with Crippen LogP contribution in [0.25, 0.3) is 0 Å². The van der Waals surface area contributed by atoms with Gasteiger partial charge in [0, 0.05) is 0 Å². The van der Waals surface area contributed by atoms with Crippen molar-refractivity contribution in [3.05, 3.63) is 71.8 Å². The predicted molar refractivity (Wildman–Crippen MR) is 93.0 cm³/mol. The van der Waals surface area contributed by atoms with Crippen molar-refractivity contribution in [2.75, 3.05) is 0 Å². The number of rotatable bonds is 5. The summed E-state index contributed by atoms with van der Waals surface area (Å²) >= 11 is 0. The van der Waals surface area contributed by atoms with E-state index in [9.17, 15) is 4.79 Å². The van der Waals surface area contributed by atoms with Crippen LogP contribution in [0, 0.1) is 0 Å². The Morgan fingerprint density at radius 1 is 1.09 bits per heavy atom. The lowest BCUT2D eigenvalue weighted by atomic mass is 9.85. The fraction of sp³-hybridized carbons (Fsp3) is 0.278. The lowest BCUT2D eigenvalue weighted by Gasteiger charge is -2.32. The molecular weight excluding hydrogens is 296 g/mol. The van der Waals surface area contributed by atoms with Crippen molar-refractivity contribution < 1.29 is 4.79 Å². The van der Waals surface area contributed by atoms with Crippen LogP contribution in [0.4, 0.5) is 0 Å². The summed E-state index contributed by atoms with van der Waals surface area (Å²) in [5, 5.41) is 3.09. The SMILES string of the molecule is C[C@H](N)C(=O)NC(C)(Cc1ccccc1)c1ccccc1.Cl. The Labute approximate surface area is 138 Å². The first kappa shape index (κ1) is 18.2. The van der Waals surface area contributed by atoms with Gasteiger partial charge < -0.3 is 11.1 Å². The molecule has 0 aromatic heterocycles. The highest BCUT2D eigenvalue weighted by atomic mass is 35.5. The second kappa shape index (κ2) is 7.97. The Kier molecular flexibility index (Phi) is 6.60. The maximum Gasteiger partial charge on any atom is 0.237 e. The van der Waals surface area contributed by atoms with Gasteiger partial charge in [0.15, 0.2) is 0 Å². The summed E-state index contributed by atoms with van der Waals surface area (Å²) < 4.78 is 0. The van der Waals surface area contributed by atoms with Crippen molar-refractivity contribution in [3.63, 3.8) is 0 Å². The zero-order valence-corrected chi connectivity index (χ0v) is 13.8. The number of hydrogen-bond acceptors (Lipinski definition) is 2. The topological polar surface area (TPSA) is 55.1 Å². The third-order valence-electron chi connectivity index (χ3n) is 3.62. The predicted octanol–water partition coefficient (Wildman–Crippen LogP) is 3.03. The summed E-state index contributed by atoms with van der Waals surface area (Å²) in [4.78, 5) is 12.1. The van der Waals surface area contributed by atoms with Gasteiger partial charge in [0.25, 0.3) is 0 Å². The highest BCUT2D eigenvalue weighted by Crippen LogP contribution is 2.25. The molecule has 2 aromatic rings. The van der Waals surface area contributed by atoms with Crippen LogP contribution in [0.5, 0.6) is 0 Å². The molecule has 1 amide bonds. The highest BCUT2D eigenvalue weighted by molar-refractivity contribution is 5.85. The third-order valence-corrected chi connectivity index (χ3v) is 3.62. The van der Waals surface area contributed by atoms with Gasteiger partial charge in [0.2, 0.25) is 5.91 Å². The van der Waals surface area contributed by atoms with Crippen LogP contribution in [-0.2, 0) is 16.8 Å². The van der Waals surface area contributed by atoms with Crippen LogP contribution < -0.4 is 11.1 Å². The molecule has 3 N–H and O–H groups in total. The number of carbonyl (C=O) groups excluding carboxylic acids is 1. The number of carbonyl (C=O) groups is 1. The Morgan fingerprint density at radius 3 is 2.09 bits per heavy atom. The van der Waals surface area contributed by atoms with Crippen molar-refractivity contribution in [2.45, 2.75) is 31.8 Å². The molecule has 2 atom stereocenters. The summed E-state index contributed by atoms with van der Waals surface area (Å²) in [6, 6.07) is 19.6. The standard InChI is InChI=1S/C18H22N2O.ClH/c1-14(19)17(21)20-18(2,16-11-7-4-8-12-16)13-15-9-5-3-6-10-15;/h3-12,14H,13,19H2,1-2H3,(H,20,21);1H/t14-,18?;/m0./s1. The molecule has 0 spiro atoms. The van der Waals surface area contributed by atoms with Crippen molar-refractivity contribution in [1.82, 2.24) is 5.32 Å². The number of nitrogens with one attached hydrogen (secondary N) is 1. The zero-order chi connectivity index (χ0) is 15.3. The maximum absolute atomic E-state index is 12.1. The van der Waals surface area contributed by atoms with E-state index in [2.05, 4.69) is 17.4 Å². The van der Waals surface area contributed by atoms with Crippen LogP contribution in [0.15, 0.2) is 60.7 Å². The molecule has 0 aliphatic rings. The van der Waals surface area contributed by atoms with Gasteiger partial charge in [-0.25, -0.2) is 0 Å². The molecule has 0 radical (unpaired) electrons. The van der Waals surface area contributed by atoms with Crippen LogP contribution in [-0.4, -0.2) is 11.9 Å². The first-order valence-corrected chi connectivity index (χ1v) is 7.18. The van der Waals surface area contributed by atoms with Gasteiger partial charge in [-0.3, -0.25) is 4.79 Å². The van der Waals surface area contributed by atoms with Crippen molar-refractivity contribution >= 4 is 18.3 Å². The van der Waals surface area contributed by atoms with E-state index < -0.39 is 11.6 Å². The van der Waals surface area contributed by atoms with Crippen LogP contribution in [0.3, 0.4) is 0 Å². The molecule has 2 aromatic carbocycles. The molecular formula is C18H23ClN2O. The van der Waals surface area contributed by atoms with E-state index in [4.69, 9.17) is 5.73 Å². The van der Waals surface area contributed by atoms with Crippen molar-refractivity contribution in [3.8, 4) is 0 Å². The minimum atomic E-state index is -0.524. The fourth-order valence-electron chi connectivity index (χ4n) is 2.41. The lowest BCUT2D eigenvalue weighted by Crippen LogP contribution is -2.50. The molecule has 0 heterocycles. The molecule has 118 valence electrons. The van der Waals surface area contributed by atoms with Gasteiger partial charge in [-0.1, -0.05) is 60.7 Å². The molecule has 22 heavy (non-hydrogen) atoms. The Hall–Kier alpha value is -1.84. The average molecular weight is 319 g/mol. The lowest BCUT2D eigenvalue weighted by molar-refractivity contribution is -0.123. The van der Waals surface area contributed by atoms with E-state index in [1.54, 1.807) is 6.92 Å². The summed E-state index contributed by atoms with van der Waals surface area (Å²) in [6.07, 6.45) is 0.719. The minimum absolute atomic E-state index is 0. The molecule has 2 rings (SSSR count). The van der Waals surface area contributed by atoms with Crippen LogP contribution in [0.2, 0.25) is 0 Å². The number of halogens is 1. The monoisotopic (exact) mass is 318 g/mol. The van der Waals surface area contributed by atoms with Gasteiger partial charge in [-0.05, 0) is 31.4 Å². The largest absolute Gasteiger partial charge is 0.345 e. The Morgan fingerprint density at radius 2 is 1.59 bits per heavy atom. The van der Waals surface area contributed by atoms with E-state index in [0.717, 1.165) is 12.0 Å². The molecule has 0 bridgehead atoms.